The fourth-order valence-corrected chi connectivity index (χ4v) is 3.21. The molecule has 0 amide bonds. The number of aromatic nitrogens is 2. The maximum atomic E-state index is 5.49. The van der Waals surface area contributed by atoms with Crippen LogP contribution in [-0.2, 0) is 13.0 Å². The first-order chi connectivity index (χ1) is 11.2. The molecule has 4 rings (SSSR count). The SMILES string of the molecule is CC=C(C)CN1CCc2[nH]nc(-c3ccc4c(c3)OCO4)c2C1. The Balaban J connectivity index is 1.64. The van der Waals surface area contributed by atoms with Crippen LogP contribution in [0.5, 0.6) is 11.5 Å². The van der Waals surface area contributed by atoms with Crippen molar-refractivity contribution in [1.82, 2.24) is 15.1 Å². The zero-order valence-corrected chi connectivity index (χ0v) is 13.6. The zero-order chi connectivity index (χ0) is 15.8. The van der Waals surface area contributed by atoms with Crippen molar-refractivity contribution in [2.75, 3.05) is 19.9 Å². The molecule has 0 radical (unpaired) electrons. The van der Waals surface area contributed by atoms with Crippen LogP contribution in [0.25, 0.3) is 11.3 Å². The lowest BCUT2D eigenvalue weighted by molar-refractivity contribution is 0.174. The molecule has 1 aromatic carbocycles. The lowest BCUT2D eigenvalue weighted by Crippen LogP contribution is -2.31. The third-order valence-electron chi connectivity index (χ3n) is 4.62. The summed E-state index contributed by atoms with van der Waals surface area (Å²) < 4.78 is 10.9. The van der Waals surface area contributed by atoms with Crippen molar-refractivity contribution >= 4 is 0 Å². The third kappa shape index (κ3) is 2.61. The standard InChI is InChI=1S/C18H21N3O2/c1-3-12(2)9-21-7-6-15-14(10-21)18(20-19-15)13-4-5-16-17(8-13)23-11-22-16/h3-5,8H,6-7,9-11H2,1-2H3,(H,19,20). The number of hydrogen-bond acceptors (Lipinski definition) is 4. The smallest absolute Gasteiger partial charge is 0.231 e. The molecule has 0 atom stereocenters. The number of aromatic amines is 1. The minimum Gasteiger partial charge on any atom is -0.454 e. The molecule has 1 N–H and O–H groups in total. The van der Waals surface area contributed by atoms with E-state index in [1.54, 1.807) is 0 Å². The van der Waals surface area contributed by atoms with E-state index in [4.69, 9.17) is 9.47 Å². The first-order valence-electron chi connectivity index (χ1n) is 8.05. The van der Waals surface area contributed by atoms with Crippen LogP contribution in [0.1, 0.15) is 25.1 Å². The molecule has 23 heavy (non-hydrogen) atoms. The molecule has 5 heteroatoms. The lowest BCUT2D eigenvalue weighted by Gasteiger charge is -2.27. The van der Waals surface area contributed by atoms with E-state index in [0.29, 0.717) is 6.79 Å². The Bertz CT molecular complexity index is 764. The fraction of sp³-hybridized carbons (Fsp3) is 0.389. The van der Waals surface area contributed by atoms with E-state index < -0.39 is 0 Å². The van der Waals surface area contributed by atoms with Crippen LogP contribution in [0, 0.1) is 0 Å². The highest BCUT2D eigenvalue weighted by molar-refractivity contribution is 5.68. The van der Waals surface area contributed by atoms with Gasteiger partial charge in [-0.25, -0.2) is 0 Å². The van der Waals surface area contributed by atoms with E-state index in [1.807, 2.05) is 12.1 Å². The average molecular weight is 311 g/mol. The maximum Gasteiger partial charge on any atom is 0.231 e. The van der Waals surface area contributed by atoms with Gasteiger partial charge in [0.15, 0.2) is 11.5 Å². The second-order valence-electron chi connectivity index (χ2n) is 6.19. The van der Waals surface area contributed by atoms with Gasteiger partial charge in [0.05, 0.1) is 5.69 Å². The molecule has 5 nitrogen and oxygen atoms in total. The summed E-state index contributed by atoms with van der Waals surface area (Å²) in [5.74, 6) is 1.61. The van der Waals surface area contributed by atoms with Gasteiger partial charge in [0.1, 0.15) is 0 Å². The van der Waals surface area contributed by atoms with E-state index in [-0.39, 0.29) is 0 Å². The summed E-state index contributed by atoms with van der Waals surface area (Å²) in [5.41, 5.74) is 6.07. The minimum atomic E-state index is 0.299. The number of hydrogen-bond donors (Lipinski definition) is 1. The number of nitrogens with zero attached hydrogens (tertiary/aromatic N) is 2. The molecular weight excluding hydrogens is 290 g/mol. The number of benzene rings is 1. The van der Waals surface area contributed by atoms with E-state index >= 15 is 0 Å². The quantitative estimate of drug-likeness (QED) is 0.885. The highest BCUT2D eigenvalue weighted by atomic mass is 16.7. The molecule has 2 aliphatic heterocycles. The van der Waals surface area contributed by atoms with E-state index in [0.717, 1.165) is 48.8 Å². The highest BCUT2D eigenvalue weighted by Gasteiger charge is 2.24. The number of nitrogens with one attached hydrogen (secondary N) is 1. The van der Waals surface area contributed by atoms with Crippen molar-refractivity contribution in [3.63, 3.8) is 0 Å². The largest absolute Gasteiger partial charge is 0.454 e. The molecule has 0 spiro atoms. The van der Waals surface area contributed by atoms with Gasteiger partial charge in [0.2, 0.25) is 6.79 Å². The van der Waals surface area contributed by atoms with Crippen LogP contribution < -0.4 is 9.47 Å². The lowest BCUT2D eigenvalue weighted by atomic mass is 10.0. The van der Waals surface area contributed by atoms with Gasteiger partial charge in [-0.1, -0.05) is 11.6 Å². The Morgan fingerprint density at radius 1 is 1.35 bits per heavy atom. The van der Waals surface area contributed by atoms with Crippen LogP contribution in [0.15, 0.2) is 29.8 Å². The molecule has 0 bridgehead atoms. The van der Waals surface area contributed by atoms with Gasteiger partial charge in [-0.3, -0.25) is 10.00 Å². The first kappa shape index (κ1) is 14.3. The number of ether oxygens (including phenoxy) is 2. The Kier molecular flexibility index (Phi) is 3.58. The van der Waals surface area contributed by atoms with Crippen LogP contribution in [0.4, 0.5) is 0 Å². The molecule has 0 fully saturated rings. The molecule has 0 unspecified atom stereocenters. The molecule has 0 aliphatic carbocycles. The number of fused-ring (bicyclic) bond motifs is 2. The van der Waals surface area contributed by atoms with Gasteiger partial charge in [0.25, 0.3) is 0 Å². The number of H-pyrrole nitrogens is 1. The predicted molar refractivity (Wildman–Crippen MR) is 88.6 cm³/mol. The highest BCUT2D eigenvalue weighted by Crippen LogP contribution is 2.37. The van der Waals surface area contributed by atoms with Crippen molar-refractivity contribution in [2.24, 2.45) is 0 Å². The molecule has 3 heterocycles. The number of allylic oxidation sites excluding steroid dienone is 1. The monoisotopic (exact) mass is 311 g/mol. The van der Waals surface area contributed by atoms with Crippen LogP contribution >= 0.6 is 0 Å². The van der Waals surface area contributed by atoms with Crippen molar-refractivity contribution in [1.29, 1.82) is 0 Å². The predicted octanol–water partition coefficient (Wildman–Crippen LogP) is 3.13. The van der Waals surface area contributed by atoms with Gasteiger partial charge >= 0.3 is 0 Å². The summed E-state index contributed by atoms with van der Waals surface area (Å²) in [4.78, 5) is 2.48. The van der Waals surface area contributed by atoms with Gasteiger partial charge in [-0.05, 0) is 32.0 Å². The molecular formula is C18H21N3O2. The van der Waals surface area contributed by atoms with Gasteiger partial charge < -0.3 is 9.47 Å². The summed E-state index contributed by atoms with van der Waals surface area (Å²) in [6, 6.07) is 6.04. The van der Waals surface area contributed by atoms with Crippen molar-refractivity contribution in [3.8, 4) is 22.8 Å². The molecule has 0 saturated heterocycles. The second kappa shape index (κ2) is 5.74. The summed E-state index contributed by atoms with van der Waals surface area (Å²) in [6.45, 7) is 7.60. The first-order valence-corrected chi connectivity index (χ1v) is 8.05. The molecule has 1 aromatic heterocycles. The molecule has 120 valence electrons. The normalized spacial score (nSPS) is 17.4. The van der Waals surface area contributed by atoms with Gasteiger partial charge in [0, 0.05) is 42.9 Å². The average Bonchev–Trinajstić information content (AvgIpc) is 3.20. The fourth-order valence-electron chi connectivity index (χ4n) is 3.21. The van der Waals surface area contributed by atoms with E-state index in [1.165, 1.54) is 16.8 Å². The minimum absolute atomic E-state index is 0.299. The summed E-state index contributed by atoms with van der Waals surface area (Å²) in [7, 11) is 0. The van der Waals surface area contributed by atoms with Crippen molar-refractivity contribution < 1.29 is 9.47 Å². The Morgan fingerprint density at radius 3 is 3.09 bits per heavy atom. The molecule has 2 aliphatic rings. The summed E-state index contributed by atoms with van der Waals surface area (Å²) >= 11 is 0. The van der Waals surface area contributed by atoms with E-state index in [2.05, 4.69) is 41.1 Å². The topological polar surface area (TPSA) is 50.4 Å². The maximum absolute atomic E-state index is 5.49. The Labute approximate surface area is 135 Å². The third-order valence-corrected chi connectivity index (χ3v) is 4.62. The molecule has 2 aromatic rings. The van der Waals surface area contributed by atoms with Crippen LogP contribution in [-0.4, -0.2) is 35.0 Å². The van der Waals surface area contributed by atoms with Crippen molar-refractivity contribution in [2.45, 2.75) is 26.8 Å². The molecule has 0 saturated carbocycles. The summed E-state index contributed by atoms with van der Waals surface area (Å²) in [5, 5.41) is 7.78. The Hall–Kier alpha value is -2.27. The van der Waals surface area contributed by atoms with Gasteiger partial charge in [-0.15, -0.1) is 0 Å². The zero-order valence-electron chi connectivity index (χ0n) is 13.6. The Morgan fingerprint density at radius 2 is 2.22 bits per heavy atom. The van der Waals surface area contributed by atoms with Crippen molar-refractivity contribution in [3.05, 3.63) is 41.1 Å². The number of rotatable bonds is 3. The van der Waals surface area contributed by atoms with Crippen LogP contribution in [0.2, 0.25) is 0 Å². The summed E-state index contributed by atoms with van der Waals surface area (Å²) in [6.07, 6.45) is 3.20. The van der Waals surface area contributed by atoms with Crippen LogP contribution in [0.3, 0.4) is 0 Å². The van der Waals surface area contributed by atoms with E-state index in [9.17, 15) is 0 Å². The second-order valence-corrected chi connectivity index (χ2v) is 6.19. The van der Waals surface area contributed by atoms with Gasteiger partial charge in [-0.2, -0.15) is 5.10 Å².